The molecule has 0 aromatic carbocycles. The van der Waals surface area contributed by atoms with Crippen molar-refractivity contribution < 1.29 is 21.6 Å². The van der Waals surface area contributed by atoms with Crippen LogP contribution in [0, 0.1) is 0 Å². The Balaban J connectivity index is 3.27. The van der Waals surface area contributed by atoms with E-state index in [4.69, 9.17) is 5.73 Å². The van der Waals surface area contributed by atoms with E-state index in [-0.39, 0.29) is 11.5 Å². The first kappa shape index (κ1) is 13.8. The van der Waals surface area contributed by atoms with Gasteiger partial charge in [0.15, 0.2) is 5.76 Å². The van der Waals surface area contributed by atoms with Crippen LogP contribution in [-0.4, -0.2) is 38.9 Å². The van der Waals surface area contributed by atoms with Crippen LogP contribution in [0.25, 0.3) is 0 Å². The molecule has 0 aromatic heterocycles. The summed E-state index contributed by atoms with van der Waals surface area (Å²) in [7, 11) is -1.27. The molecule has 1 heterocycles. The standard InChI is InChI=1S/C9H16N2O5S/c1-5-9(2,10)7-6(8(12)11(3)4)15-17(13,14)16-7/h5,10H2,1-4H3. The highest BCUT2D eigenvalue weighted by atomic mass is 32.3. The molecule has 1 aliphatic heterocycles. The van der Waals surface area contributed by atoms with Crippen molar-refractivity contribution >= 4 is 16.3 Å². The van der Waals surface area contributed by atoms with Gasteiger partial charge in [-0.1, -0.05) is 6.92 Å². The third kappa shape index (κ3) is 2.70. The minimum atomic E-state index is -4.22. The molecule has 98 valence electrons. The van der Waals surface area contributed by atoms with Crippen LogP contribution >= 0.6 is 0 Å². The van der Waals surface area contributed by atoms with E-state index in [9.17, 15) is 13.2 Å². The number of hydrogen-bond donors (Lipinski definition) is 1. The predicted molar refractivity (Wildman–Crippen MR) is 59.7 cm³/mol. The second-order valence-corrected chi connectivity index (χ2v) is 5.35. The van der Waals surface area contributed by atoms with Crippen molar-refractivity contribution in [3.8, 4) is 0 Å². The summed E-state index contributed by atoms with van der Waals surface area (Å²) in [5.74, 6) is -1.13. The lowest BCUT2D eigenvalue weighted by molar-refractivity contribution is -0.126. The van der Waals surface area contributed by atoms with Crippen LogP contribution in [0.1, 0.15) is 20.3 Å². The molecule has 0 spiro atoms. The SMILES string of the molecule is CCC(C)(N)C1=C(C(=O)N(C)C)OS(=O)(=O)O1. The van der Waals surface area contributed by atoms with Crippen LogP contribution in [0.15, 0.2) is 11.5 Å². The number of nitrogens with zero attached hydrogens (tertiary/aromatic N) is 1. The average Bonchev–Trinajstić information content (AvgIpc) is 2.54. The molecule has 0 fully saturated rings. The highest BCUT2D eigenvalue weighted by Crippen LogP contribution is 2.32. The highest BCUT2D eigenvalue weighted by molar-refractivity contribution is 7.82. The normalized spacial score (nSPS) is 21.5. The van der Waals surface area contributed by atoms with Gasteiger partial charge >= 0.3 is 10.4 Å². The van der Waals surface area contributed by atoms with Crippen LogP contribution < -0.4 is 5.73 Å². The lowest BCUT2D eigenvalue weighted by atomic mass is 9.96. The van der Waals surface area contributed by atoms with Crippen molar-refractivity contribution in [2.75, 3.05) is 14.1 Å². The quantitative estimate of drug-likeness (QED) is 0.751. The number of rotatable bonds is 3. The molecular formula is C9H16N2O5S. The summed E-state index contributed by atoms with van der Waals surface area (Å²) in [6, 6.07) is 0. The van der Waals surface area contributed by atoms with E-state index in [1.54, 1.807) is 13.8 Å². The molecule has 0 saturated heterocycles. The number of carbonyl (C=O) groups excluding carboxylic acids is 1. The second kappa shape index (κ2) is 4.19. The maximum Gasteiger partial charge on any atom is 0.501 e. The van der Waals surface area contributed by atoms with Gasteiger partial charge in [-0.25, -0.2) is 0 Å². The summed E-state index contributed by atoms with van der Waals surface area (Å²) in [5, 5.41) is 0. The van der Waals surface area contributed by atoms with E-state index in [2.05, 4.69) is 8.37 Å². The van der Waals surface area contributed by atoms with Crippen molar-refractivity contribution in [3.63, 3.8) is 0 Å². The maximum absolute atomic E-state index is 11.7. The lowest BCUT2D eigenvalue weighted by Gasteiger charge is -2.21. The van der Waals surface area contributed by atoms with Gasteiger partial charge in [-0.2, -0.15) is 0 Å². The zero-order valence-corrected chi connectivity index (χ0v) is 11.0. The second-order valence-electron chi connectivity index (χ2n) is 4.20. The molecule has 0 saturated carbocycles. The third-order valence-electron chi connectivity index (χ3n) is 2.43. The summed E-state index contributed by atoms with van der Waals surface area (Å²) < 4.78 is 31.6. The number of nitrogens with two attached hydrogens (primary N) is 1. The first-order chi connectivity index (χ1) is 7.60. The van der Waals surface area contributed by atoms with Crippen LogP contribution in [0.2, 0.25) is 0 Å². The maximum atomic E-state index is 11.7. The molecule has 1 atom stereocenters. The summed E-state index contributed by atoms with van der Waals surface area (Å²) >= 11 is 0. The summed E-state index contributed by atoms with van der Waals surface area (Å²) in [5.41, 5.74) is 4.79. The van der Waals surface area contributed by atoms with Crippen molar-refractivity contribution in [1.29, 1.82) is 0 Å². The Morgan fingerprint density at radius 1 is 1.41 bits per heavy atom. The highest BCUT2D eigenvalue weighted by Gasteiger charge is 2.43. The molecule has 0 aliphatic carbocycles. The van der Waals surface area contributed by atoms with E-state index in [0.717, 1.165) is 0 Å². The number of likely N-dealkylation sites (N-methyl/N-ethyl adjacent to an activating group) is 1. The molecule has 8 heteroatoms. The molecule has 17 heavy (non-hydrogen) atoms. The number of hydrogen-bond acceptors (Lipinski definition) is 6. The smallest absolute Gasteiger partial charge is 0.351 e. The Labute approximate surface area is 100 Å². The van der Waals surface area contributed by atoms with Gasteiger partial charge in [0.25, 0.3) is 11.7 Å². The Morgan fingerprint density at radius 2 is 1.94 bits per heavy atom. The fraction of sp³-hybridized carbons (Fsp3) is 0.667. The minimum Gasteiger partial charge on any atom is -0.351 e. The monoisotopic (exact) mass is 264 g/mol. The first-order valence-electron chi connectivity index (χ1n) is 5.00. The predicted octanol–water partition coefficient (Wildman–Crippen LogP) is -0.295. The zero-order valence-electron chi connectivity index (χ0n) is 10.2. The van der Waals surface area contributed by atoms with E-state index < -0.39 is 21.8 Å². The Bertz CT molecular complexity index is 464. The van der Waals surface area contributed by atoms with E-state index in [1.807, 2.05) is 0 Å². The van der Waals surface area contributed by atoms with Crippen LogP contribution in [0.3, 0.4) is 0 Å². The molecule has 1 aliphatic rings. The van der Waals surface area contributed by atoms with Gasteiger partial charge < -0.3 is 19.0 Å². The van der Waals surface area contributed by atoms with Gasteiger partial charge in [0, 0.05) is 14.1 Å². The largest absolute Gasteiger partial charge is 0.501 e. The molecule has 1 unspecified atom stereocenters. The molecule has 2 N–H and O–H groups in total. The fourth-order valence-corrected chi connectivity index (χ4v) is 2.00. The summed E-state index contributed by atoms with van der Waals surface area (Å²) in [4.78, 5) is 12.9. The molecule has 1 rings (SSSR count). The van der Waals surface area contributed by atoms with Gasteiger partial charge in [0.1, 0.15) is 0 Å². The molecule has 1 amide bonds. The molecule has 0 bridgehead atoms. The molecular weight excluding hydrogens is 248 g/mol. The van der Waals surface area contributed by atoms with Gasteiger partial charge in [-0.05, 0) is 13.3 Å². The first-order valence-corrected chi connectivity index (χ1v) is 6.33. The number of carbonyl (C=O) groups is 1. The minimum absolute atomic E-state index is 0.154. The number of amides is 1. The van der Waals surface area contributed by atoms with Crippen LogP contribution in [-0.2, 0) is 23.6 Å². The third-order valence-corrected chi connectivity index (χ3v) is 3.17. The van der Waals surface area contributed by atoms with Crippen molar-refractivity contribution in [2.45, 2.75) is 25.8 Å². The van der Waals surface area contributed by atoms with E-state index in [1.165, 1.54) is 19.0 Å². The molecule has 0 radical (unpaired) electrons. The average molecular weight is 264 g/mol. The van der Waals surface area contributed by atoms with Crippen molar-refractivity contribution in [2.24, 2.45) is 5.73 Å². The van der Waals surface area contributed by atoms with E-state index >= 15 is 0 Å². The molecule has 7 nitrogen and oxygen atoms in total. The van der Waals surface area contributed by atoms with Crippen molar-refractivity contribution in [1.82, 2.24) is 4.90 Å². The Kier molecular flexibility index (Phi) is 3.40. The van der Waals surface area contributed by atoms with Gasteiger partial charge in [0.05, 0.1) is 5.54 Å². The van der Waals surface area contributed by atoms with Gasteiger partial charge in [0.2, 0.25) is 0 Å². The van der Waals surface area contributed by atoms with Crippen LogP contribution in [0.5, 0.6) is 0 Å². The molecule has 0 aromatic rings. The summed E-state index contributed by atoms with van der Waals surface area (Å²) in [6.07, 6.45) is 0.394. The van der Waals surface area contributed by atoms with Gasteiger partial charge in [-0.15, -0.1) is 8.42 Å². The Morgan fingerprint density at radius 3 is 2.35 bits per heavy atom. The van der Waals surface area contributed by atoms with E-state index in [0.29, 0.717) is 6.42 Å². The topological polar surface area (TPSA) is 98.9 Å². The summed E-state index contributed by atoms with van der Waals surface area (Å²) in [6.45, 7) is 3.31. The van der Waals surface area contributed by atoms with Crippen molar-refractivity contribution in [3.05, 3.63) is 11.5 Å². The Hall–Kier alpha value is -1.28. The fourth-order valence-electron chi connectivity index (χ4n) is 1.15. The lowest BCUT2D eigenvalue weighted by Crippen LogP contribution is -2.39. The zero-order chi connectivity index (χ0) is 13.4. The van der Waals surface area contributed by atoms with Crippen LogP contribution in [0.4, 0.5) is 0 Å². The van der Waals surface area contributed by atoms with Gasteiger partial charge in [-0.3, -0.25) is 4.79 Å².